The standard InChI is InChI=1S/C12H10INO2/c1-8-6-9(7-16-8)12(15)14-11-5-3-2-4-10(11)13/h2-7H,1H3,(H,14,15). The van der Waals surface area contributed by atoms with Crippen LogP contribution >= 0.6 is 22.6 Å². The number of carbonyl (C=O) groups excluding carboxylic acids is 1. The maximum atomic E-state index is 11.8. The Morgan fingerprint density at radius 1 is 1.38 bits per heavy atom. The first-order valence-corrected chi connectivity index (χ1v) is 5.86. The van der Waals surface area contributed by atoms with Gasteiger partial charge in [-0.15, -0.1) is 0 Å². The number of rotatable bonds is 2. The summed E-state index contributed by atoms with van der Waals surface area (Å²) in [5.41, 5.74) is 1.35. The lowest BCUT2D eigenvalue weighted by molar-refractivity contribution is 0.102. The number of hydrogen-bond acceptors (Lipinski definition) is 2. The highest BCUT2D eigenvalue weighted by molar-refractivity contribution is 14.1. The quantitative estimate of drug-likeness (QED) is 0.859. The van der Waals surface area contributed by atoms with E-state index in [0.717, 1.165) is 15.0 Å². The third-order valence-electron chi connectivity index (χ3n) is 2.11. The van der Waals surface area contributed by atoms with Crippen molar-refractivity contribution in [1.82, 2.24) is 0 Å². The molecule has 2 aromatic rings. The summed E-state index contributed by atoms with van der Waals surface area (Å²) in [6.07, 6.45) is 1.46. The molecule has 0 aliphatic heterocycles. The van der Waals surface area contributed by atoms with E-state index in [1.165, 1.54) is 6.26 Å². The first-order chi connectivity index (χ1) is 7.66. The lowest BCUT2D eigenvalue weighted by atomic mass is 10.2. The van der Waals surface area contributed by atoms with Gasteiger partial charge in [0.15, 0.2) is 0 Å². The Bertz CT molecular complexity index is 519. The summed E-state index contributed by atoms with van der Waals surface area (Å²) in [5, 5.41) is 2.83. The summed E-state index contributed by atoms with van der Waals surface area (Å²) < 4.78 is 6.10. The Kier molecular flexibility index (Phi) is 3.28. The molecule has 3 nitrogen and oxygen atoms in total. The van der Waals surface area contributed by atoms with Crippen molar-refractivity contribution in [3.63, 3.8) is 0 Å². The van der Waals surface area contributed by atoms with Gasteiger partial charge in [-0.1, -0.05) is 12.1 Å². The minimum Gasteiger partial charge on any atom is -0.469 e. The molecule has 0 bridgehead atoms. The van der Waals surface area contributed by atoms with Crippen LogP contribution in [0.1, 0.15) is 16.1 Å². The molecule has 1 aromatic heterocycles. The smallest absolute Gasteiger partial charge is 0.258 e. The van der Waals surface area contributed by atoms with Crippen LogP contribution in [0.4, 0.5) is 5.69 Å². The zero-order valence-electron chi connectivity index (χ0n) is 8.66. The number of benzene rings is 1. The van der Waals surface area contributed by atoms with E-state index in [-0.39, 0.29) is 5.91 Å². The van der Waals surface area contributed by atoms with Gasteiger partial charge < -0.3 is 9.73 Å². The molecule has 0 aliphatic rings. The van der Waals surface area contributed by atoms with Gasteiger partial charge in [0.2, 0.25) is 0 Å². The highest BCUT2D eigenvalue weighted by Gasteiger charge is 2.09. The number of carbonyl (C=O) groups is 1. The van der Waals surface area contributed by atoms with Crippen LogP contribution in [0.3, 0.4) is 0 Å². The molecule has 0 fully saturated rings. The predicted octanol–water partition coefficient (Wildman–Crippen LogP) is 3.44. The number of para-hydroxylation sites is 1. The summed E-state index contributed by atoms with van der Waals surface area (Å²) in [5.74, 6) is 0.578. The van der Waals surface area contributed by atoms with Crippen LogP contribution in [0.15, 0.2) is 41.0 Å². The molecule has 1 N–H and O–H groups in total. The number of amides is 1. The molecule has 0 atom stereocenters. The summed E-state index contributed by atoms with van der Waals surface area (Å²) in [7, 11) is 0. The van der Waals surface area contributed by atoms with Gasteiger partial charge in [-0.05, 0) is 47.7 Å². The van der Waals surface area contributed by atoms with Gasteiger partial charge in [-0.3, -0.25) is 4.79 Å². The zero-order valence-corrected chi connectivity index (χ0v) is 10.8. The monoisotopic (exact) mass is 327 g/mol. The Morgan fingerprint density at radius 3 is 2.75 bits per heavy atom. The fourth-order valence-electron chi connectivity index (χ4n) is 1.32. The Labute approximate surface area is 107 Å². The van der Waals surface area contributed by atoms with Crippen molar-refractivity contribution in [2.45, 2.75) is 6.92 Å². The third-order valence-corrected chi connectivity index (χ3v) is 3.06. The van der Waals surface area contributed by atoms with Crippen molar-refractivity contribution in [2.75, 3.05) is 5.32 Å². The van der Waals surface area contributed by atoms with Crippen LogP contribution in [0, 0.1) is 10.5 Å². The van der Waals surface area contributed by atoms with Crippen molar-refractivity contribution >= 4 is 34.2 Å². The minimum absolute atomic E-state index is 0.152. The second-order valence-electron chi connectivity index (χ2n) is 3.38. The van der Waals surface area contributed by atoms with E-state index < -0.39 is 0 Å². The Balaban J connectivity index is 2.17. The van der Waals surface area contributed by atoms with Gasteiger partial charge in [0, 0.05) is 3.57 Å². The summed E-state index contributed by atoms with van der Waals surface area (Å²) in [4.78, 5) is 11.8. The normalized spacial score (nSPS) is 10.1. The van der Waals surface area contributed by atoms with E-state index in [0.29, 0.717) is 5.56 Å². The molecule has 0 unspecified atom stereocenters. The van der Waals surface area contributed by atoms with Gasteiger partial charge in [0.1, 0.15) is 12.0 Å². The van der Waals surface area contributed by atoms with Crippen LogP contribution in [-0.4, -0.2) is 5.91 Å². The van der Waals surface area contributed by atoms with E-state index in [1.807, 2.05) is 31.2 Å². The SMILES string of the molecule is Cc1cc(C(=O)Nc2ccccc2I)co1. The molecule has 0 saturated carbocycles. The molecular formula is C12H10INO2. The van der Waals surface area contributed by atoms with Gasteiger partial charge in [0.05, 0.1) is 11.3 Å². The number of aryl methyl sites for hydroxylation is 1. The fraction of sp³-hybridized carbons (Fsp3) is 0.0833. The maximum absolute atomic E-state index is 11.8. The van der Waals surface area contributed by atoms with E-state index in [1.54, 1.807) is 6.07 Å². The van der Waals surface area contributed by atoms with E-state index >= 15 is 0 Å². The lowest BCUT2D eigenvalue weighted by Gasteiger charge is -2.04. The highest BCUT2D eigenvalue weighted by atomic mass is 127. The number of nitrogens with one attached hydrogen (secondary N) is 1. The van der Waals surface area contributed by atoms with Crippen LogP contribution in [-0.2, 0) is 0 Å². The molecule has 0 radical (unpaired) electrons. The van der Waals surface area contributed by atoms with Gasteiger partial charge in [-0.2, -0.15) is 0 Å². The predicted molar refractivity (Wildman–Crippen MR) is 70.6 cm³/mol. The molecule has 1 heterocycles. The second-order valence-corrected chi connectivity index (χ2v) is 4.54. The number of anilines is 1. The number of furan rings is 1. The molecule has 4 heteroatoms. The van der Waals surface area contributed by atoms with E-state index in [2.05, 4.69) is 27.9 Å². The Morgan fingerprint density at radius 2 is 2.12 bits per heavy atom. The molecule has 1 amide bonds. The van der Waals surface area contributed by atoms with E-state index in [9.17, 15) is 4.79 Å². The van der Waals surface area contributed by atoms with Crippen LogP contribution in [0.2, 0.25) is 0 Å². The van der Waals surface area contributed by atoms with Crippen molar-refractivity contribution in [1.29, 1.82) is 0 Å². The average molecular weight is 327 g/mol. The minimum atomic E-state index is -0.152. The molecular weight excluding hydrogens is 317 g/mol. The average Bonchev–Trinajstić information content (AvgIpc) is 2.68. The zero-order chi connectivity index (χ0) is 11.5. The Hall–Kier alpha value is -1.30. The third kappa shape index (κ3) is 2.44. The molecule has 0 aliphatic carbocycles. The topological polar surface area (TPSA) is 42.2 Å². The summed E-state index contributed by atoms with van der Waals surface area (Å²) >= 11 is 2.18. The van der Waals surface area contributed by atoms with Gasteiger partial charge >= 0.3 is 0 Å². The van der Waals surface area contributed by atoms with Crippen molar-refractivity contribution in [2.24, 2.45) is 0 Å². The van der Waals surface area contributed by atoms with Crippen LogP contribution in [0.5, 0.6) is 0 Å². The van der Waals surface area contributed by atoms with Crippen LogP contribution in [0.25, 0.3) is 0 Å². The van der Waals surface area contributed by atoms with Crippen molar-refractivity contribution in [3.05, 3.63) is 51.5 Å². The largest absolute Gasteiger partial charge is 0.469 e. The molecule has 2 rings (SSSR count). The molecule has 0 spiro atoms. The maximum Gasteiger partial charge on any atom is 0.258 e. The first-order valence-electron chi connectivity index (χ1n) is 4.78. The summed E-state index contributed by atoms with van der Waals surface area (Å²) in [6, 6.07) is 9.34. The molecule has 82 valence electrons. The summed E-state index contributed by atoms with van der Waals surface area (Å²) in [6.45, 7) is 1.81. The number of hydrogen-bond donors (Lipinski definition) is 1. The molecule has 16 heavy (non-hydrogen) atoms. The molecule has 0 saturated heterocycles. The highest BCUT2D eigenvalue weighted by Crippen LogP contribution is 2.18. The van der Waals surface area contributed by atoms with Crippen LogP contribution < -0.4 is 5.32 Å². The van der Waals surface area contributed by atoms with Gasteiger partial charge in [-0.25, -0.2) is 0 Å². The first kappa shape index (κ1) is 11.2. The lowest BCUT2D eigenvalue weighted by Crippen LogP contribution is -2.11. The van der Waals surface area contributed by atoms with Crippen molar-refractivity contribution in [3.8, 4) is 0 Å². The fourth-order valence-corrected chi connectivity index (χ4v) is 1.84. The second kappa shape index (κ2) is 4.69. The van der Waals surface area contributed by atoms with Gasteiger partial charge in [0.25, 0.3) is 5.91 Å². The van der Waals surface area contributed by atoms with Crippen molar-refractivity contribution < 1.29 is 9.21 Å². The number of halogens is 1. The molecule has 1 aromatic carbocycles. The van der Waals surface area contributed by atoms with E-state index in [4.69, 9.17) is 4.42 Å².